The first-order chi connectivity index (χ1) is 7.50. The first kappa shape index (κ1) is 11.3. The van der Waals surface area contributed by atoms with Gasteiger partial charge >= 0.3 is 0 Å². The molecule has 2 saturated heterocycles. The zero-order valence-electron chi connectivity index (χ0n) is 8.89. The van der Waals surface area contributed by atoms with E-state index in [1.54, 1.807) is 0 Å². The van der Waals surface area contributed by atoms with Gasteiger partial charge in [0, 0.05) is 16.6 Å². The van der Waals surface area contributed by atoms with Gasteiger partial charge in [-0.25, -0.2) is 8.42 Å². The minimum absolute atomic E-state index is 0.0509. The van der Waals surface area contributed by atoms with Crippen LogP contribution < -0.4 is 0 Å². The standard InChI is InChI=1S/C10H15ClO4S/c11-16(12,13)10(1-2-10)4-8-3-7-5-14-6-9(7)15-8/h7-9H,1-6H2. The zero-order valence-corrected chi connectivity index (χ0v) is 10.5. The van der Waals surface area contributed by atoms with E-state index in [0.29, 0.717) is 31.8 Å². The van der Waals surface area contributed by atoms with Crippen molar-refractivity contribution in [2.24, 2.45) is 5.92 Å². The fraction of sp³-hybridized carbons (Fsp3) is 1.00. The molecule has 2 heterocycles. The molecule has 0 spiro atoms. The molecule has 0 aromatic rings. The van der Waals surface area contributed by atoms with Crippen molar-refractivity contribution in [2.75, 3.05) is 13.2 Å². The van der Waals surface area contributed by atoms with Crippen molar-refractivity contribution in [3.63, 3.8) is 0 Å². The Kier molecular flexibility index (Phi) is 2.52. The van der Waals surface area contributed by atoms with Gasteiger partial charge in [0.2, 0.25) is 9.05 Å². The molecule has 3 aliphatic rings. The Hall–Kier alpha value is 0.160. The Labute approximate surface area is 99.7 Å². The highest BCUT2D eigenvalue weighted by atomic mass is 35.7. The fourth-order valence-corrected chi connectivity index (χ4v) is 4.45. The quantitative estimate of drug-likeness (QED) is 0.722. The monoisotopic (exact) mass is 266 g/mol. The lowest BCUT2D eigenvalue weighted by atomic mass is 10.0. The number of ether oxygens (including phenoxy) is 2. The van der Waals surface area contributed by atoms with Crippen LogP contribution in [0.1, 0.15) is 25.7 Å². The smallest absolute Gasteiger partial charge is 0.238 e. The van der Waals surface area contributed by atoms with Crippen LogP contribution in [0.2, 0.25) is 0 Å². The van der Waals surface area contributed by atoms with Crippen molar-refractivity contribution in [1.29, 1.82) is 0 Å². The van der Waals surface area contributed by atoms with Gasteiger partial charge in [0.15, 0.2) is 0 Å². The second kappa shape index (κ2) is 3.57. The highest BCUT2D eigenvalue weighted by Gasteiger charge is 2.56. The van der Waals surface area contributed by atoms with E-state index in [4.69, 9.17) is 20.2 Å². The summed E-state index contributed by atoms with van der Waals surface area (Å²) in [5, 5.41) is 0. The fourth-order valence-electron chi connectivity index (χ4n) is 2.82. The first-order valence-electron chi connectivity index (χ1n) is 5.68. The Morgan fingerprint density at radius 3 is 2.62 bits per heavy atom. The van der Waals surface area contributed by atoms with E-state index in [0.717, 1.165) is 13.0 Å². The molecule has 4 nitrogen and oxygen atoms in total. The Balaban J connectivity index is 1.65. The van der Waals surface area contributed by atoms with Crippen LogP contribution in [0.4, 0.5) is 0 Å². The molecule has 6 heteroatoms. The summed E-state index contributed by atoms with van der Waals surface area (Å²) in [7, 11) is 2.04. The Bertz CT molecular complexity index is 378. The molecule has 0 N–H and O–H groups in total. The van der Waals surface area contributed by atoms with Crippen LogP contribution in [-0.4, -0.2) is 38.6 Å². The molecular formula is C10H15ClO4S. The van der Waals surface area contributed by atoms with Gasteiger partial charge in [0.25, 0.3) is 0 Å². The largest absolute Gasteiger partial charge is 0.378 e. The molecule has 3 atom stereocenters. The van der Waals surface area contributed by atoms with Gasteiger partial charge in [0.05, 0.1) is 30.2 Å². The minimum Gasteiger partial charge on any atom is -0.378 e. The second-order valence-corrected chi connectivity index (χ2v) is 8.12. The third-order valence-electron chi connectivity index (χ3n) is 4.00. The summed E-state index contributed by atoms with van der Waals surface area (Å²) < 4.78 is 33.3. The molecule has 16 heavy (non-hydrogen) atoms. The summed E-state index contributed by atoms with van der Waals surface area (Å²) in [5.74, 6) is 0.457. The Morgan fingerprint density at radius 2 is 2.06 bits per heavy atom. The molecule has 92 valence electrons. The number of hydrogen-bond acceptors (Lipinski definition) is 4. The van der Waals surface area contributed by atoms with E-state index in [-0.39, 0.29) is 12.2 Å². The van der Waals surface area contributed by atoms with Gasteiger partial charge in [-0.1, -0.05) is 0 Å². The van der Waals surface area contributed by atoms with E-state index in [1.807, 2.05) is 0 Å². The summed E-state index contributed by atoms with van der Waals surface area (Å²) >= 11 is 0. The van der Waals surface area contributed by atoms with Crippen LogP contribution in [0.3, 0.4) is 0 Å². The zero-order chi connectivity index (χ0) is 11.4. The normalized spacial score (nSPS) is 40.9. The van der Waals surface area contributed by atoms with Crippen molar-refractivity contribution in [3.05, 3.63) is 0 Å². The number of hydrogen-bond donors (Lipinski definition) is 0. The van der Waals surface area contributed by atoms with Crippen LogP contribution in [0.25, 0.3) is 0 Å². The molecule has 3 fully saturated rings. The highest BCUT2D eigenvalue weighted by molar-refractivity contribution is 8.15. The molecule has 0 radical (unpaired) electrons. The van der Waals surface area contributed by atoms with Crippen molar-refractivity contribution in [1.82, 2.24) is 0 Å². The van der Waals surface area contributed by atoms with Gasteiger partial charge < -0.3 is 9.47 Å². The lowest BCUT2D eigenvalue weighted by Gasteiger charge is -2.17. The average molecular weight is 267 g/mol. The maximum atomic E-state index is 11.4. The molecular weight excluding hydrogens is 252 g/mol. The number of rotatable bonds is 3. The van der Waals surface area contributed by atoms with Crippen LogP contribution >= 0.6 is 10.7 Å². The third kappa shape index (κ3) is 1.78. The van der Waals surface area contributed by atoms with Crippen molar-refractivity contribution < 1.29 is 17.9 Å². The Morgan fingerprint density at radius 1 is 1.31 bits per heavy atom. The van der Waals surface area contributed by atoms with Gasteiger partial charge in [-0.15, -0.1) is 0 Å². The topological polar surface area (TPSA) is 52.6 Å². The maximum absolute atomic E-state index is 11.4. The predicted octanol–water partition coefficient (Wildman–Crippen LogP) is 1.28. The van der Waals surface area contributed by atoms with Crippen LogP contribution in [0.5, 0.6) is 0 Å². The SMILES string of the molecule is O=S(=O)(Cl)C1(CC2CC3COCC3O2)CC1. The van der Waals surface area contributed by atoms with Gasteiger partial charge in [0.1, 0.15) is 0 Å². The molecule has 2 aliphatic heterocycles. The second-order valence-electron chi connectivity index (χ2n) is 5.15. The average Bonchev–Trinajstić information content (AvgIpc) is 2.64. The van der Waals surface area contributed by atoms with Crippen molar-refractivity contribution in [3.8, 4) is 0 Å². The van der Waals surface area contributed by atoms with Crippen LogP contribution in [0.15, 0.2) is 0 Å². The summed E-state index contributed by atoms with van der Waals surface area (Å²) in [5.41, 5.74) is 0. The molecule has 0 bridgehead atoms. The van der Waals surface area contributed by atoms with E-state index in [2.05, 4.69) is 0 Å². The number of halogens is 1. The molecule has 0 aromatic carbocycles. The third-order valence-corrected chi connectivity index (χ3v) is 6.59. The first-order valence-corrected chi connectivity index (χ1v) is 7.99. The highest BCUT2D eigenvalue weighted by Crippen LogP contribution is 2.51. The molecule has 3 unspecified atom stereocenters. The van der Waals surface area contributed by atoms with Gasteiger partial charge in [-0.2, -0.15) is 0 Å². The van der Waals surface area contributed by atoms with Gasteiger partial charge in [-0.3, -0.25) is 0 Å². The molecule has 0 aromatic heterocycles. The lowest BCUT2D eigenvalue weighted by Crippen LogP contribution is -2.25. The molecule has 3 rings (SSSR count). The summed E-state index contributed by atoms with van der Waals surface area (Å²) in [6.45, 7) is 1.41. The van der Waals surface area contributed by atoms with Crippen molar-refractivity contribution >= 4 is 19.7 Å². The maximum Gasteiger partial charge on any atom is 0.238 e. The number of fused-ring (bicyclic) bond motifs is 1. The van der Waals surface area contributed by atoms with Crippen LogP contribution in [-0.2, 0) is 18.5 Å². The minimum atomic E-state index is -3.44. The lowest BCUT2D eigenvalue weighted by molar-refractivity contribution is 0.0152. The van der Waals surface area contributed by atoms with Crippen LogP contribution in [0, 0.1) is 5.92 Å². The van der Waals surface area contributed by atoms with E-state index < -0.39 is 13.8 Å². The molecule has 1 aliphatic carbocycles. The summed E-state index contributed by atoms with van der Waals surface area (Å²) in [4.78, 5) is 0. The summed E-state index contributed by atoms with van der Waals surface area (Å²) in [6.07, 6.45) is 3.08. The molecule has 1 saturated carbocycles. The van der Waals surface area contributed by atoms with E-state index in [1.165, 1.54) is 0 Å². The predicted molar refractivity (Wildman–Crippen MR) is 58.9 cm³/mol. The van der Waals surface area contributed by atoms with Crippen molar-refractivity contribution in [2.45, 2.75) is 42.6 Å². The van der Waals surface area contributed by atoms with E-state index in [9.17, 15) is 8.42 Å². The van der Waals surface area contributed by atoms with E-state index >= 15 is 0 Å². The van der Waals surface area contributed by atoms with Gasteiger partial charge in [-0.05, 0) is 25.7 Å². The summed E-state index contributed by atoms with van der Waals surface area (Å²) in [6, 6.07) is 0. The molecule has 0 amide bonds.